The molecule has 3 aliphatic carbocycles. The molecule has 0 aliphatic heterocycles. The Hall–Kier alpha value is -0.300. The summed E-state index contributed by atoms with van der Waals surface area (Å²) in [6.07, 6.45) is 10.6. The molecule has 15 heavy (non-hydrogen) atoms. The molecule has 4 unspecified atom stereocenters. The van der Waals surface area contributed by atoms with Crippen LogP contribution in [0.3, 0.4) is 0 Å². The normalized spacial score (nSPS) is 49.3. The Kier molecular flexibility index (Phi) is 2.39. The van der Waals surface area contributed by atoms with Crippen molar-refractivity contribution in [3.63, 3.8) is 0 Å². The van der Waals surface area contributed by atoms with E-state index in [0.717, 1.165) is 35.8 Å². The van der Waals surface area contributed by atoms with Gasteiger partial charge in [0.1, 0.15) is 0 Å². The zero-order chi connectivity index (χ0) is 10.4. The Balaban J connectivity index is 1.52. The van der Waals surface area contributed by atoms with E-state index in [2.05, 4.69) is 31.3 Å². The van der Waals surface area contributed by atoms with Gasteiger partial charge < -0.3 is 5.32 Å². The molecule has 1 N–H and O–H groups in total. The van der Waals surface area contributed by atoms with Crippen molar-refractivity contribution in [2.45, 2.75) is 51.6 Å². The van der Waals surface area contributed by atoms with Crippen molar-refractivity contribution in [1.82, 2.24) is 5.32 Å². The maximum Gasteiger partial charge on any atom is 0.00754 e. The molecular formula is C14H23N. The van der Waals surface area contributed by atoms with E-state index < -0.39 is 0 Å². The lowest BCUT2D eigenvalue weighted by atomic mass is 9.80. The fourth-order valence-corrected chi connectivity index (χ4v) is 3.93. The predicted molar refractivity (Wildman–Crippen MR) is 63.6 cm³/mol. The van der Waals surface area contributed by atoms with Gasteiger partial charge in [0.2, 0.25) is 0 Å². The molecule has 1 heteroatoms. The van der Waals surface area contributed by atoms with E-state index in [9.17, 15) is 0 Å². The smallest absolute Gasteiger partial charge is 0.00754 e. The van der Waals surface area contributed by atoms with Gasteiger partial charge >= 0.3 is 0 Å². The third kappa shape index (κ3) is 1.75. The van der Waals surface area contributed by atoms with E-state index in [1.807, 2.05) is 0 Å². The monoisotopic (exact) mass is 205 g/mol. The van der Waals surface area contributed by atoms with Gasteiger partial charge in [0.25, 0.3) is 0 Å². The third-order valence-corrected chi connectivity index (χ3v) is 4.84. The molecular weight excluding hydrogens is 182 g/mol. The summed E-state index contributed by atoms with van der Waals surface area (Å²) in [5.41, 5.74) is 0. The summed E-state index contributed by atoms with van der Waals surface area (Å²) in [6, 6.07) is 1.57. The third-order valence-electron chi connectivity index (χ3n) is 4.84. The minimum Gasteiger partial charge on any atom is -0.311 e. The van der Waals surface area contributed by atoms with Crippen molar-refractivity contribution in [3.05, 3.63) is 12.2 Å². The van der Waals surface area contributed by atoms with Gasteiger partial charge in [0.15, 0.2) is 0 Å². The van der Waals surface area contributed by atoms with Gasteiger partial charge in [-0.25, -0.2) is 0 Å². The highest BCUT2D eigenvalue weighted by Crippen LogP contribution is 2.45. The van der Waals surface area contributed by atoms with Crippen molar-refractivity contribution in [1.29, 1.82) is 0 Å². The summed E-state index contributed by atoms with van der Waals surface area (Å²) in [5, 5.41) is 3.84. The maximum atomic E-state index is 3.84. The zero-order valence-electron chi connectivity index (χ0n) is 9.95. The van der Waals surface area contributed by atoms with Gasteiger partial charge in [-0.2, -0.15) is 0 Å². The van der Waals surface area contributed by atoms with Gasteiger partial charge in [-0.3, -0.25) is 0 Å². The summed E-state index contributed by atoms with van der Waals surface area (Å²) in [4.78, 5) is 0. The van der Waals surface area contributed by atoms with Crippen LogP contribution >= 0.6 is 0 Å². The van der Waals surface area contributed by atoms with E-state index in [1.165, 1.54) is 25.7 Å². The van der Waals surface area contributed by atoms with E-state index in [-0.39, 0.29) is 0 Å². The number of nitrogens with one attached hydrogen (secondary N) is 1. The fraction of sp³-hybridized carbons (Fsp3) is 0.857. The number of rotatable bonds is 3. The molecule has 3 rings (SSSR count). The van der Waals surface area contributed by atoms with Crippen molar-refractivity contribution in [2.24, 2.45) is 23.7 Å². The Morgan fingerprint density at radius 3 is 2.47 bits per heavy atom. The quantitative estimate of drug-likeness (QED) is 0.698. The second-order valence-corrected chi connectivity index (χ2v) is 6.17. The van der Waals surface area contributed by atoms with Crippen LogP contribution in [0.4, 0.5) is 0 Å². The van der Waals surface area contributed by atoms with Gasteiger partial charge in [0.05, 0.1) is 0 Å². The molecule has 2 bridgehead atoms. The van der Waals surface area contributed by atoms with Crippen LogP contribution in [0.5, 0.6) is 0 Å². The Bertz CT molecular complexity index is 265. The SMILES string of the molecule is CC1CC(NC(C)C2CC3C=CC2C3)C1. The van der Waals surface area contributed by atoms with Crippen molar-refractivity contribution in [2.75, 3.05) is 0 Å². The van der Waals surface area contributed by atoms with Crippen molar-refractivity contribution >= 4 is 0 Å². The van der Waals surface area contributed by atoms with Gasteiger partial charge in [0, 0.05) is 12.1 Å². The van der Waals surface area contributed by atoms with Crippen LogP contribution in [0.15, 0.2) is 12.2 Å². The van der Waals surface area contributed by atoms with Gasteiger partial charge in [-0.1, -0.05) is 19.1 Å². The Labute approximate surface area is 93.3 Å². The zero-order valence-corrected chi connectivity index (χ0v) is 9.95. The predicted octanol–water partition coefficient (Wildman–Crippen LogP) is 2.98. The Morgan fingerprint density at radius 1 is 1.13 bits per heavy atom. The van der Waals surface area contributed by atoms with Crippen molar-refractivity contribution in [3.8, 4) is 0 Å². The van der Waals surface area contributed by atoms with Crippen LogP contribution in [0.2, 0.25) is 0 Å². The molecule has 0 saturated heterocycles. The molecule has 1 nitrogen and oxygen atoms in total. The van der Waals surface area contributed by atoms with Gasteiger partial charge in [-0.15, -0.1) is 0 Å². The first-order valence-electron chi connectivity index (χ1n) is 6.66. The lowest BCUT2D eigenvalue weighted by Crippen LogP contribution is -2.47. The van der Waals surface area contributed by atoms with Crippen LogP contribution in [-0.2, 0) is 0 Å². The van der Waals surface area contributed by atoms with E-state index >= 15 is 0 Å². The lowest BCUT2D eigenvalue weighted by molar-refractivity contribution is 0.195. The molecule has 0 radical (unpaired) electrons. The van der Waals surface area contributed by atoms with Gasteiger partial charge in [-0.05, 0) is 56.3 Å². The van der Waals surface area contributed by atoms with Crippen molar-refractivity contribution < 1.29 is 0 Å². The van der Waals surface area contributed by atoms with Crippen LogP contribution in [0, 0.1) is 23.7 Å². The van der Waals surface area contributed by atoms with Crippen LogP contribution in [0.1, 0.15) is 39.5 Å². The first kappa shape index (κ1) is 9.89. The first-order valence-corrected chi connectivity index (χ1v) is 6.66. The molecule has 0 aromatic rings. The molecule has 2 saturated carbocycles. The summed E-state index contributed by atoms with van der Waals surface area (Å²) < 4.78 is 0. The molecule has 0 aromatic carbocycles. The fourth-order valence-electron chi connectivity index (χ4n) is 3.93. The summed E-state index contributed by atoms with van der Waals surface area (Å²) in [7, 11) is 0. The first-order chi connectivity index (χ1) is 7.22. The molecule has 3 aliphatic rings. The maximum absolute atomic E-state index is 3.84. The minimum atomic E-state index is 0.738. The molecule has 0 heterocycles. The molecule has 0 spiro atoms. The summed E-state index contributed by atoms with van der Waals surface area (Å²) in [6.45, 7) is 4.77. The highest BCUT2D eigenvalue weighted by atomic mass is 15.0. The number of hydrogen-bond donors (Lipinski definition) is 1. The molecule has 0 aromatic heterocycles. The number of fused-ring (bicyclic) bond motifs is 2. The minimum absolute atomic E-state index is 0.738. The second-order valence-electron chi connectivity index (χ2n) is 6.17. The summed E-state index contributed by atoms with van der Waals surface area (Å²) >= 11 is 0. The largest absolute Gasteiger partial charge is 0.311 e. The lowest BCUT2D eigenvalue weighted by Gasteiger charge is -2.38. The van der Waals surface area contributed by atoms with E-state index in [0.29, 0.717) is 0 Å². The molecule has 4 atom stereocenters. The number of allylic oxidation sites excluding steroid dienone is 2. The molecule has 84 valence electrons. The van der Waals surface area contributed by atoms with E-state index in [4.69, 9.17) is 0 Å². The Morgan fingerprint density at radius 2 is 1.93 bits per heavy atom. The highest BCUT2D eigenvalue weighted by molar-refractivity contribution is 5.11. The molecule has 2 fully saturated rings. The summed E-state index contributed by atoms with van der Waals surface area (Å²) in [5.74, 6) is 3.71. The molecule has 0 amide bonds. The number of hydrogen-bond acceptors (Lipinski definition) is 1. The highest BCUT2D eigenvalue weighted by Gasteiger charge is 2.39. The van der Waals surface area contributed by atoms with E-state index in [1.54, 1.807) is 0 Å². The topological polar surface area (TPSA) is 12.0 Å². The second kappa shape index (κ2) is 3.62. The van der Waals surface area contributed by atoms with Crippen LogP contribution in [0.25, 0.3) is 0 Å². The van der Waals surface area contributed by atoms with Crippen LogP contribution < -0.4 is 5.32 Å². The average Bonchev–Trinajstić information content (AvgIpc) is 2.75. The average molecular weight is 205 g/mol. The standard InChI is InChI=1S/C14H23N/c1-9-5-13(6-9)15-10(2)14-8-11-3-4-12(14)7-11/h3-4,9-15H,5-8H2,1-2H3. The van der Waals surface area contributed by atoms with Crippen LogP contribution in [-0.4, -0.2) is 12.1 Å².